The molecule has 5 rings (SSSR count). The summed E-state index contributed by atoms with van der Waals surface area (Å²) in [5.74, 6) is 0.543. The largest absolute Gasteiger partial charge is 0.515 e. The van der Waals surface area contributed by atoms with Gasteiger partial charge in [-0.05, 0) is 75.0 Å². The summed E-state index contributed by atoms with van der Waals surface area (Å²) in [6.07, 6.45) is 4.54. The molecule has 3 atom stereocenters. The molecule has 2 aromatic carbocycles. The molecule has 3 aliphatic heterocycles. The number of rotatable bonds is 11. The second kappa shape index (κ2) is 15.0. The number of urea groups is 1. The van der Waals surface area contributed by atoms with Gasteiger partial charge >= 0.3 is 12.1 Å². The topological polar surface area (TPSA) is 93.2 Å². The molecular weight excluding hydrogens is 625 g/mol. The Labute approximate surface area is 283 Å². The fourth-order valence-electron chi connectivity index (χ4n) is 8.22. The number of fused-ring (bicyclic) bond motifs is 1. The Balaban J connectivity index is 1.49. The summed E-state index contributed by atoms with van der Waals surface area (Å²) >= 11 is 12.7. The molecule has 0 bridgehead atoms. The maximum absolute atomic E-state index is 13.7. The van der Waals surface area contributed by atoms with Crippen molar-refractivity contribution in [1.29, 1.82) is 0 Å². The molecule has 3 heterocycles. The molecule has 2 saturated heterocycles. The van der Waals surface area contributed by atoms with Crippen LogP contribution in [0.15, 0.2) is 42.5 Å². The smallest absolute Gasteiger partial charge is 0.435 e. The first-order valence-electron chi connectivity index (χ1n) is 16.8. The van der Waals surface area contributed by atoms with Crippen LogP contribution in [0, 0.1) is 5.92 Å². The van der Waals surface area contributed by atoms with Crippen LogP contribution < -0.4 is 5.32 Å². The minimum Gasteiger partial charge on any atom is -0.435 e. The average molecular weight is 674 g/mol. The van der Waals surface area contributed by atoms with Crippen molar-refractivity contribution in [2.45, 2.75) is 77.0 Å². The highest BCUT2D eigenvalue weighted by molar-refractivity contribution is 6.42. The average Bonchev–Trinajstić information content (AvgIpc) is 3.22. The number of quaternary nitrogens is 1. The number of carboxylic acid groups (broad SMARTS) is 1. The van der Waals surface area contributed by atoms with Crippen molar-refractivity contribution in [2.75, 3.05) is 51.1 Å². The number of likely N-dealkylation sites (tertiary alicyclic amines) is 2. The van der Waals surface area contributed by atoms with Gasteiger partial charge in [0.25, 0.3) is 0 Å². The van der Waals surface area contributed by atoms with E-state index in [-0.39, 0.29) is 36.1 Å². The number of piperidine rings is 2. The Kier molecular flexibility index (Phi) is 11.3. The van der Waals surface area contributed by atoms with Crippen LogP contribution in [0.1, 0.15) is 63.5 Å². The van der Waals surface area contributed by atoms with Crippen LogP contribution in [0.3, 0.4) is 0 Å². The lowest BCUT2D eigenvalue weighted by atomic mass is 9.80. The molecule has 0 saturated carbocycles. The fraction of sp³-hybridized carbons (Fsp3) is 0.571. The first-order valence-corrected chi connectivity index (χ1v) is 17.5. The number of carbonyl (C=O) groups excluding carboxylic acids is 2. The predicted molar refractivity (Wildman–Crippen MR) is 182 cm³/mol. The van der Waals surface area contributed by atoms with Crippen molar-refractivity contribution in [3.63, 3.8) is 0 Å². The summed E-state index contributed by atoms with van der Waals surface area (Å²) < 4.78 is -0.319. The molecule has 0 spiro atoms. The number of amides is 3. The SMILES string of the molecule is CCN(CC)CCC1CCN(C2(CC=O)CC(N3CCc4ccccc4NC3=O)CC[N@+]2(Cc2ccc(Cl)c(Cl)c2)C(=O)O)CC1. The lowest BCUT2D eigenvalue weighted by Crippen LogP contribution is -2.78. The molecular formula is C35H48Cl2N5O4+. The molecule has 2 unspecified atom stereocenters. The van der Waals surface area contributed by atoms with Gasteiger partial charge in [0.15, 0.2) is 5.66 Å². The van der Waals surface area contributed by atoms with Crippen LogP contribution in [0.2, 0.25) is 10.0 Å². The van der Waals surface area contributed by atoms with Crippen LogP contribution in [-0.2, 0) is 17.8 Å². The van der Waals surface area contributed by atoms with E-state index in [0.717, 1.165) is 62.0 Å². The highest BCUT2D eigenvalue weighted by Gasteiger charge is 2.63. The van der Waals surface area contributed by atoms with Gasteiger partial charge in [-0.2, -0.15) is 4.79 Å². The van der Waals surface area contributed by atoms with E-state index in [2.05, 4.69) is 29.0 Å². The Bertz CT molecular complexity index is 1400. The van der Waals surface area contributed by atoms with Gasteiger partial charge in [-0.1, -0.05) is 61.3 Å². The van der Waals surface area contributed by atoms with Crippen LogP contribution in [0.25, 0.3) is 0 Å². The fourth-order valence-corrected chi connectivity index (χ4v) is 8.54. The van der Waals surface area contributed by atoms with Crippen molar-refractivity contribution in [1.82, 2.24) is 14.7 Å². The van der Waals surface area contributed by atoms with Crippen LogP contribution in [0.5, 0.6) is 0 Å². The normalized spacial score (nSPS) is 26.0. The molecule has 0 radical (unpaired) electrons. The van der Waals surface area contributed by atoms with Crippen LogP contribution >= 0.6 is 23.2 Å². The number of aldehydes is 1. The molecule has 250 valence electrons. The van der Waals surface area contributed by atoms with E-state index in [9.17, 15) is 19.5 Å². The van der Waals surface area contributed by atoms with Crippen molar-refractivity contribution >= 4 is 47.3 Å². The van der Waals surface area contributed by atoms with E-state index in [0.29, 0.717) is 54.9 Å². The van der Waals surface area contributed by atoms with E-state index < -0.39 is 11.8 Å². The van der Waals surface area contributed by atoms with Gasteiger partial charge in [-0.3, -0.25) is 4.90 Å². The monoisotopic (exact) mass is 672 g/mol. The highest BCUT2D eigenvalue weighted by Crippen LogP contribution is 2.46. The molecule has 9 nitrogen and oxygen atoms in total. The second-order valence-corrected chi connectivity index (χ2v) is 14.0. The van der Waals surface area contributed by atoms with Crippen molar-refractivity contribution in [2.24, 2.45) is 5.92 Å². The number of carbonyl (C=O) groups is 3. The number of nitrogens with one attached hydrogen (secondary N) is 1. The third kappa shape index (κ3) is 6.95. The quantitative estimate of drug-likeness (QED) is 0.198. The zero-order valence-electron chi connectivity index (χ0n) is 27.1. The van der Waals surface area contributed by atoms with Gasteiger partial charge in [0.05, 0.1) is 23.0 Å². The Morgan fingerprint density at radius 1 is 1.09 bits per heavy atom. The number of nitrogens with zero attached hydrogens (tertiary/aromatic N) is 4. The maximum atomic E-state index is 13.7. The summed E-state index contributed by atoms with van der Waals surface area (Å²) in [5, 5.41) is 15.1. The first-order chi connectivity index (χ1) is 22.2. The van der Waals surface area contributed by atoms with Gasteiger partial charge in [-0.15, -0.1) is 0 Å². The van der Waals surface area contributed by atoms with Crippen molar-refractivity contribution in [3.05, 3.63) is 63.6 Å². The number of hydrogen-bond acceptors (Lipinski definition) is 5. The molecule has 0 aliphatic carbocycles. The zero-order chi connectivity index (χ0) is 32.9. The third-order valence-corrected chi connectivity index (χ3v) is 11.7. The minimum atomic E-state index is -1.05. The number of halogens is 2. The Morgan fingerprint density at radius 3 is 2.50 bits per heavy atom. The van der Waals surface area contributed by atoms with E-state index >= 15 is 0 Å². The highest BCUT2D eigenvalue weighted by atomic mass is 35.5. The standard InChI is InChI=1S/C35H47Cl2N5O4/c1-3-39(4-2)17-11-26-12-18-40(19-13-26)35(16-22-43)24-29(41-20-14-28-7-5-6-8-32(28)38-33(41)44)15-21-42(35,34(45)46)25-27-9-10-30(36)31(37)23-27/h5-10,22-23,26,29H,3-4,11-21,24-25H2,1-2H3,(H-,38,44,45,46)/p+1/t29?,35?,42-/m0/s1. The lowest BCUT2D eigenvalue weighted by molar-refractivity contribution is -0.942. The summed E-state index contributed by atoms with van der Waals surface area (Å²) in [5.41, 5.74) is 1.59. The molecule has 3 aliphatic rings. The minimum absolute atomic E-state index is 0.0525. The van der Waals surface area contributed by atoms with Crippen molar-refractivity contribution in [3.8, 4) is 0 Å². The summed E-state index contributed by atoms with van der Waals surface area (Å²) in [6.45, 7) is 9.86. The van der Waals surface area contributed by atoms with Gasteiger partial charge in [0.2, 0.25) is 0 Å². The summed E-state index contributed by atoms with van der Waals surface area (Å²) in [6, 6.07) is 12.7. The molecule has 3 amide bonds. The van der Waals surface area contributed by atoms with Gasteiger partial charge in [-0.25, -0.2) is 9.28 Å². The van der Waals surface area contributed by atoms with Crippen molar-refractivity contribution < 1.29 is 24.0 Å². The molecule has 2 fully saturated rings. The van der Waals surface area contributed by atoms with Gasteiger partial charge < -0.3 is 25.0 Å². The van der Waals surface area contributed by atoms with Gasteiger partial charge in [0, 0.05) is 49.8 Å². The predicted octanol–water partition coefficient (Wildman–Crippen LogP) is 6.97. The number of hydrogen-bond donors (Lipinski definition) is 2. The Morgan fingerprint density at radius 2 is 1.83 bits per heavy atom. The molecule has 11 heteroatoms. The van der Waals surface area contributed by atoms with Gasteiger partial charge in [0.1, 0.15) is 12.8 Å². The van der Waals surface area contributed by atoms with E-state index in [4.69, 9.17) is 23.2 Å². The van der Waals surface area contributed by atoms with E-state index in [1.807, 2.05) is 35.2 Å². The maximum Gasteiger partial charge on any atom is 0.515 e. The first kappa shape index (κ1) is 34.6. The van der Waals surface area contributed by atoms with E-state index in [1.54, 1.807) is 12.1 Å². The molecule has 2 aromatic rings. The molecule has 0 aromatic heterocycles. The lowest BCUT2D eigenvalue weighted by Gasteiger charge is -2.59. The summed E-state index contributed by atoms with van der Waals surface area (Å²) in [4.78, 5) is 46.7. The number of para-hydroxylation sites is 1. The number of anilines is 1. The van der Waals surface area contributed by atoms with Crippen LogP contribution in [0.4, 0.5) is 15.3 Å². The Hall–Kier alpha value is -2.69. The number of benzene rings is 2. The molecule has 2 N–H and O–H groups in total. The molecule has 46 heavy (non-hydrogen) atoms. The zero-order valence-corrected chi connectivity index (χ0v) is 28.6. The summed E-state index contributed by atoms with van der Waals surface area (Å²) in [7, 11) is 0. The van der Waals surface area contributed by atoms with E-state index in [1.165, 1.54) is 0 Å². The third-order valence-electron chi connectivity index (χ3n) is 11.0. The van der Waals surface area contributed by atoms with Crippen LogP contribution in [-0.4, -0.2) is 100 Å². The second-order valence-electron chi connectivity index (χ2n) is 13.2.